The van der Waals surface area contributed by atoms with Crippen molar-refractivity contribution in [2.75, 3.05) is 11.9 Å². The van der Waals surface area contributed by atoms with Crippen molar-refractivity contribution in [3.63, 3.8) is 0 Å². The Labute approximate surface area is 125 Å². The normalized spacial score (nSPS) is 17.6. The summed E-state index contributed by atoms with van der Waals surface area (Å²) in [7, 11) is 0. The second-order valence-electron chi connectivity index (χ2n) is 5.64. The van der Waals surface area contributed by atoms with Gasteiger partial charge in [0.25, 0.3) is 0 Å². The number of nitrogens with one attached hydrogen (secondary N) is 1. The highest BCUT2D eigenvalue weighted by Gasteiger charge is 2.21. The maximum Gasteiger partial charge on any atom is 0.128 e. The molecule has 2 aromatic rings. The third kappa shape index (κ3) is 2.87. The van der Waals surface area contributed by atoms with Crippen LogP contribution in [0, 0.1) is 19.7 Å². The van der Waals surface area contributed by atoms with Crippen LogP contribution in [0.15, 0.2) is 36.4 Å². The molecule has 1 aliphatic heterocycles. The van der Waals surface area contributed by atoms with Gasteiger partial charge in [0.15, 0.2) is 0 Å². The molecule has 0 aromatic heterocycles. The summed E-state index contributed by atoms with van der Waals surface area (Å²) in [4.78, 5) is 0. The fourth-order valence-electron chi connectivity index (χ4n) is 2.80. The van der Waals surface area contributed by atoms with Crippen molar-refractivity contribution in [1.82, 2.24) is 0 Å². The number of ether oxygens (including phenoxy) is 1. The molecule has 1 atom stereocenters. The van der Waals surface area contributed by atoms with E-state index in [9.17, 15) is 4.39 Å². The van der Waals surface area contributed by atoms with Gasteiger partial charge in [-0.2, -0.15) is 0 Å². The van der Waals surface area contributed by atoms with E-state index >= 15 is 0 Å². The second-order valence-corrected chi connectivity index (χ2v) is 5.64. The first-order valence-electron chi connectivity index (χ1n) is 7.40. The molecule has 0 saturated carbocycles. The Morgan fingerprint density at radius 3 is 2.81 bits per heavy atom. The third-order valence-electron chi connectivity index (χ3n) is 4.01. The van der Waals surface area contributed by atoms with Crippen LogP contribution < -0.4 is 10.1 Å². The van der Waals surface area contributed by atoms with E-state index in [0.29, 0.717) is 5.56 Å². The molecule has 1 aliphatic rings. The Hall–Kier alpha value is -2.03. The van der Waals surface area contributed by atoms with Gasteiger partial charge in [-0.05, 0) is 49.9 Å². The summed E-state index contributed by atoms with van der Waals surface area (Å²) in [5, 5.41) is 3.45. The van der Waals surface area contributed by atoms with Gasteiger partial charge < -0.3 is 10.1 Å². The van der Waals surface area contributed by atoms with Crippen LogP contribution in [-0.2, 0) is 0 Å². The van der Waals surface area contributed by atoms with E-state index < -0.39 is 0 Å². The Morgan fingerprint density at radius 2 is 2.00 bits per heavy atom. The number of para-hydroxylation sites is 1. The van der Waals surface area contributed by atoms with Crippen LogP contribution in [0.1, 0.15) is 35.6 Å². The first-order chi connectivity index (χ1) is 10.1. The fraction of sp³-hybridized carbons (Fsp3) is 0.333. The minimum atomic E-state index is -0.172. The van der Waals surface area contributed by atoms with Crippen molar-refractivity contribution in [2.45, 2.75) is 32.7 Å². The van der Waals surface area contributed by atoms with E-state index in [2.05, 4.69) is 24.4 Å². The van der Waals surface area contributed by atoms with Crippen molar-refractivity contribution in [1.29, 1.82) is 0 Å². The number of hydrogen-bond acceptors (Lipinski definition) is 2. The van der Waals surface area contributed by atoms with Crippen molar-refractivity contribution in [3.8, 4) is 5.75 Å². The quantitative estimate of drug-likeness (QED) is 0.858. The van der Waals surface area contributed by atoms with Gasteiger partial charge in [-0.3, -0.25) is 0 Å². The minimum absolute atomic E-state index is 0.157. The zero-order chi connectivity index (χ0) is 14.8. The molecule has 1 unspecified atom stereocenters. The smallest absolute Gasteiger partial charge is 0.128 e. The molecule has 2 aromatic carbocycles. The summed E-state index contributed by atoms with van der Waals surface area (Å²) >= 11 is 0. The first kappa shape index (κ1) is 13.9. The van der Waals surface area contributed by atoms with Gasteiger partial charge in [0.2, 0.25) is 0 Å². The van der Waals surface area contributed by atoms with Gasteiger partial charge >= 0.3 is 0 Å². The van der Waals surface area contributed by atoms with E-state index in [1.165, 1.54) is 0 Å². The number of anilines is 1. The second kappa shape index (κ2) is 5.76. The Bertz CT molecular complexity index is 654. The minimum Gasteiger partial charge on any atom is -0.493 e. The van der Waals surface area contributed by atoms with Gasteiger partial charge in [0, 0.05) is 11.3 Å². The van der Waals surface area contributed by atoms with Crippen LogP contribution >= 0.6 is 0 Å². The average Bonchev–Trinajstić information content (AvgIpc) is 2.67. The van der Waals surface area contributed by atoms with Crippen LogP contribution in [0.5, 0.6) is 5.75 Å². The lowest BCUT2D eigenvalue weighted by Gasteiger charge is -2.20. The maximum atomic E-state index is 13.7. The van der Waals surface area contributed by atoms with Gasteiger partial charge in [0.05, 0.1) is 12.6 Å². The molecule has 0 amide bonds. The molecule has 0 bridgehead atoms. The molecule has 3 heteroatoms. The topological polar surface area (TPSA) is 21.3 Å². The van der Waals surface area contributed by atoms with Crippen molar-refractivity contribution >= 4 is 5.69 Å². The summed E-state index contributed by atoms with van der Waals surface area (Å²) in [6, 6.07) is 11.7. The van der Waals surface area contributed by atoms with E-state index in [0.717, 1.165) is 42.0 Å². The summed E-state index contributed by atoms with van der Waals surface area (Å²) in [5.74, 6) is 0.800. The lowest BCUT2D eigenvalue weighted by atomic mass is 9.99. The predicted molar refractivity (Wildman–Crippen MR) is 83.4 cm³/mol. The summed E-state index contributed by atoms with van der Waals surface area (Å²) in [6.45, 7) is 4.57. The van der Waals surface area contributed by atoms with E-state index in [-0.39, 0.29) is 11.9 Å². The Kier molecular flexibility index (Phi) is 3.82. The van der Waals surface area contributed by atoms with Crippen LogP contribution in [0.4, 0.5) is 10.1 Å². The lowest BCUT2D eigenvalue weighted by Crippen LogP contribution is -2.10. The standard InChI is InChI=1S/C18H20FNO/c1-12-8-9-14(11-16(12)19)20-17-7-4-10-21-18-13(2)5-3-6-15(17)18/h3,5-6,8-9,11,17,20H,4,7,10H2,1-2H3. The molecule has 0 spiro atoms. The fourth-order valence-corrected chi connectivity index (χ4v) is 2.80. The molecule has 1 N–H and O–H groups in total. The predicted octanol–water partition coefficient (Wildman–Crippen LogP) is 4.77. The molecule has 2 nitrogen and oxygen atoms in total. The van der Waals surface area contributed by atoms with Gasteiger partial charge in [0.1, 0.15) is 11.6 Å². The van der Waals surface area contributed by atoms with Gasteiger partial charge in [-0.1, -0.05) is 24.3 Å². The zero-order valence-corrected chi connectivity index (χ0v) is 12.4. The summed E-state index contributed by atoms with van der Waals surface area (Å²) in [6.07, 6.45) is 1.96. The molecular weight excluding hydrogens is 265 g/mol. The number of benzene rings is 2. The van der Waals surface area contributed by atoms with Crippen molar-refractivity contribution in [2.24, 2.45) is 0 Å². The number of fused-ring (bicyclic) bond motifs is 1. The van der Waals surface area contributed by atoms with Crippen LogP contribution in [0.25, 0.3) is 0 Å². The molecule has 0 radical (unpaired) electrons. The van der Waals surface area contributed by atoms with E-state index in [1.54, 1.807) is 13.0 Å². The molecule has 0 fully saturated rings. The highest BCUT2D eigenvalue weighted by atomic mass is 19.1. The molecule has 110 valence electrons. The molecule has 0 saturated heterocycles. The molecule has 0 aliphatic carbocycles. The number of halogens is 1. The zero-order valence-electron chi connectivity index (χ0n) is 12.4. The highest BCUT2D eigenvalue weighted by Crippen LogP contribution is 2.36. The number of hydrogen-bond donors (Lipinski definition) is 1. The van der Waals surface area contributed by atoms with Crippen molar-refractivity contribution in [3.05, 3.63) is 58.9 Å². The van der Waals surface area contributed by atoms with Crippen molar-refractivity contribution < 1.29 is 9.13 Å². The van der Waals surface area contributed by atoms with Crippen LogP contribution in [0.3, 0.4) is 0 Å². The largest absolute Gasteiger partial charge is 0.493 e. The van der Waals surface area contributed by atoms with Gasteiger partial charge in [-0.15, -0.1) is 0 Å². The highest BCUT2D eigenvalue weighted by molar-refractivity contribution is 5.51. The molecule has 1 heterocycles. The maximum absolute atomic E-state index is 13.7. The molecular formula is C18H20FNO. The lowest BCUT2D eigenvalue weighted by molar-refractivity contribution is 0.314. The monoisotopic (exact) mass is 285 g/mol. The average molecular weight is 285 g/mol. The number of rotatable bonds is 2. The Morgan fingerprint density at radius 1 is 1.14 bits per heavy atom. The van der Waals surface area contributed by atoms with Crippen LogP contribution in [0.2, 0.25) is 0 Å². The number of aryl methyl sites for hydroxylation is 2. The Balaban J connectivity index is 1.92. The summed E-state index contributed by atoms with van der Waals surface area (Å²) < 4.78 is 19.6. The van der Waals surface area contributed by atoms with E-state index in [1.807, 2.05) is 18.2 Å². The molecule has 21 heavy (non-hydrogen) atoms. The van der Waals surface area contributed by atoms with Gasteiger partial charge in [-0.25, -0.2) is 4.39 Å². The van der Waals surface area contributed by atoms with Crippen LogP contribution in [-0.4, -0.2) is 6.61 Å². The summed E-state index contributed by atoms with van der Waals surface area (Å²) in [5.41, 5.74) is 3.79. The molecule has 3 rings (SSSR count). The SMILES string of the molecule is Cc1ccc(NC2CCCOc3c(C)cccc32)cc1F. The first-order valence-corrected chi connectivity index (χ1v) is 7.40. The third-order valence-corrected chi connectivity index (χ3v) is 4.01. The van der Waals surface area contributed by atoms with E-state index in [4.69, 9.17) is 4.74 Å².